The normalized spacial score (nSPS) is 16.0. The Kier molecular flexibility index (Phi) is 5.67. The Morgan fingerprint density at radius 3 is 2.60 bits per heavy atom. The van der Waals surface area contributed by atoms with Crippen molar-refractivity contribution in [1.82, 2.24) is 34.7 Å². The maximum atomic E-state index is 12.7. The molecular formula is C25H25N7O2S. The van der Waals surface area contributed by atoms with Crippen LogP contribution in [0.1, 0.15) is 35.6 Å². The fourth-order valence-corrected chi connectivity index (χ4v) is 5.88. The van der Waals surface area contributed by atoms with Gasteiger partial charge >= 0.3 is 5.69 Å². The lowest BCUT2D eigenvalue weighted by atomic mass is 10.0. The van der Waals surface area contributed by atoms with Gasteiger partial charge in [0.05, 0.1) is 23.8 Å². The quantitative estimate of drug-likeness (QED) is 0.392. The van der Waals surface area contributed by atoms with Crippen LogP contribution in [0.3, 0.4) is 0 Å². The fourth-order valence-electron chi connectivity index (χ4n) is 5.03. The molecule has 1 N–H and O–H groups in total. The minimum atomic E-state index is -0.0762. The number of nitrogens with zero attached hydrogens (tertiary/aromatic N) is 6. The van der Waals surface area contributed by atoms with Crippen molar-refractivity contribution in [3.8, 4) is 11.4 Å². The molecule has 3 aromatic heterocycles. The van der Waals surface area contributed by atoms with Gasteiger partial charge < -0.3 is 9.72 Å². The van der Waals surface area contributed by atoms with Crippen molar-refractivity contribution in [2.24, 2.45) is 0 Å². The number of piperidine rings is 1. The summed E-state index contributed by atoms with van der Waals surface area (Å²) in [4.78, 5) is 19.3. The summed E-state index contributed by atoms with van der Waals surface area (Å²) in [5, 5.41) is 14.9. The van der Waals surface area contributed by atoms with E-state index in [0.717, 1.165) is 54.2 Å². The molecule has 0 amide bonds. The monoisotopic (exact) mass is 487 g/mol. The van der Waals surface area contributed by atoms with E-state index in [0.29, 0.717) is 0 Å². The number of thiophene rings is 1. The van der Waals surface area contributed by atoms with Crippen LogP contribution in [0.5, 0.6) is 5.75 Å². The predicted molar refractivity (Wildman–Crippen MR) is 134 cm³/mol. The van der Waals surface area contributed by atoms with E-state index in [2.05, 4.69) is 42.9 Å². The van der Waals surface area contributed by atoms with E-state index < -0.39 is 0 Å². The number of hydrogen-bond donors (Lipinski definition) is 1. The molecular weight excluding hydrogens is 462 g/mol. The minimum absolute atomic E-state index is 0.0390. The van der Waals surface area contributed by atoms with Gasteiger partial charge in [-0.2, -0.15) is 4.68 Å². The first-order valence-electron chi connectivity index (χ1n) is 11.6. The summed E-state index contributed by atoms with van der Waals surface area (Å²) in [6, 6.07) is 19.9. The number of likely N-dealkylation sites (tertiary alicyclic amines) is 1. The van der Waals surface area contributed by atoms with Gasteiger partial charge in [-0.15, -0.1) is 16.4 Å². The van der Waals surface area contributed by atoms with Crippen LogP contribution in [-0.4, -0.2) is 54.9 Å². The number of tetrazole rings is 1. The molecule has 2 aromatic carbocycles. The second kappa shape index (κ2) is 9.12. The summed E-state index contributed by atoms with van der Waals surface area (Å²) in [5.74, 6) is 1.56. The number of hydrogen-bond acceptors (Lipinski definition) is 7. The Bertz CT molecular complexity index is 1480. The Hall–Kier alpha value is -3.76. The standard InChI is InChI=1S/C25H25N7O2S/c1-34-19-10-8-18(9-11-19)32-24(27-28-29-32)23(22-7-4-16-35-22)30-14-12-17(13-15-30)31-21-6-3-2-5-20(21)26-25(31)33/h2-11,16-17,23H,12-15H2,1H3,(H,26,33). The SMILES string of the molecule is COc1ccc(-n2nnnc2C(c2cccs2)N2CCC(n3c(=O)[nH]c4ccccc43)CC2)cc1. The van der Waals surface area contributed by atoms with Gasteiger partial charge in [-0.1, -0.05) is 18.2 Å². The molecule has 6 rings (SSSR count). The first-order valence-corrected chi connectivity index (χ1v) is 12.5. The Balaban J connectivity index is 1.30. The van der Waals surface area contributed by atoms with Crippen molar-refractivity contribution >= 4 is 22.4 Å². The molecule has 9 nitrogen and oxygen atoms in total. The molecule has 0 aliphatic carbocycles. The number of fused-ring (bicyclic) bond motifs is 1. The van der Waals surface area contributed by atoms with Gasteiger partial charge in [0.1, 0.15) is 11.8 Å². The first kappa shape index (κ1) is 21.8. The van der Waals surface area contributed by atoms with Gasteiger partial charge in [0, 0.05) is 24.0 Å². The Morgan fingerprint density at radius 1 is 1.06 bits per heavy atom. The summed E-state index contributed by atoms with van der Waals surface area (Å²) >= 11 is 1.70. The third-order valence-electron chi connectivity index (χ3n) is 6.72. The molecule has 0 spiro atoms. The molecule has 1 fully saturated rings. The fraction of sp³-hybridized carbons (Fsp3) is 0.280. The molecule has 1 unspecified atom stereocenters. The largest absolute Gasteiger partial charge is 0.497 e. The van der Waals surface area contributed by atoms with Crippen molar-refractivity contribution in [2.45, 2.75) is 24.9 Å². The van der Waals surface area contributed by atoms with Crippen LogP contribution < -0.4 is 10.4 Å². The van der Waals surface area contributed by atoms with Crippen molar-refractivity contribution < 1.29 is 4.74 Å². The highest BCUT2D eigenvalue weighted by Gasteiger charge is 2.33. The van der Waals surface area contributed by atoms with Gasteiger partial charge in [0.2, 0.25) is 0 Å². The minimum Gasteiger partial charge on any atom is -0.497 e. The number of nitrogens with one attached hydrogen (secondary N) is 1. The lowest BCUT2D eigenvalue weighted by Crippen LogP contribution is -2.40. The van der Waals surface area contributed by atoms with Crippen LogP contribution >= 0.6 is 11.3 Å². The van der Waals surface area contributed by atoms with E-state index in [1.807, 2.05) is 53.1 Å². The number of aromatic nitrogens is 6. The number of para-hydroxylation sites is 2. The van der Waals surface area contributed by atoms with E-state index in [1.54, 1.807) is 23.1 Å². The maximum Gasteiger partial charge on any atom is 0.326 e. The molecule has 1 saturated heterocycles. The second-order valence-corrected chi connectivity index (χ2v) is 9.63. The van der Waals surface area contributed by atoms with Crippen molar-refractivity contribution in [3.05, 3.63) is 87.2 Å². The summed E-state index contributed by atoms with van der Waals surface area (Å²) in [7, 11) is 1.65. The van der Waals surface area contributed by atoms with Gasteiger partial charge in [0.15, 0.2) is 5.82 Å². The van der Waals surface area contributed by atoms with Crippen LogP contribution in [0.15, 0.2) is 70.8 Å². The van der Waals surface area contributed by atoms with E-state index in [1.165, 1.54) is 4.88 Å². The third-order valence-corrected chi connectivity index (χ3v) is 7.65. The van der Waals surface area contributed by atoms with Gasteiger partial charge in [-0.3, -0.25) is 9.47 Å². The highest BCUT2D eigenvalue weighted by atomic mass is 32.1. The smallest absolute Gasteiger partial charge is 0.326 e. The van der Waals surface area contributed by atoms with Crippen LogP contribution in [0.4, 0.5) is 0 Å². The predicted octanol–water partition coefficient (Wildman–Crippen LogP) is 3.80. The lowest BCUT2D eigenvalue weighted by Gasteiger charge is -2.36. The molecule has 1 aliphatic heterocycles. The van der Waals surface area contributed by atoms with Crippen molar-refractivity contribution in [2.75, 3.05) is 20.2 Å². The Labute approximate surface area is 205 Å². The first-order chi connectivity index (χ1) is 17.2. The zero-order chi connectivity index (χ0) is 23.8. The highest BCUT2D eigenvalue weighted by molar-refractivity contribution is 7.10. The van der Waals surface area contributed by atoms with Gasteiger partial charge in [0.25, 0.3) is 0 Å². The number of rotatable bonds is 6. The molecule has 1 atom stereocenters. The average molecular weight is 488 g/mol. The van der Waals surface area contributed by atoms with E-state index >= 15 is 0 Å². The zero-order valence-electron chi connectivity index (χ0n) is 19.2. The number of methoxy groups -OCH3 is 1. The molecule has 35 heavy (non-hydrogen) atoms. The zero-order valence-corrected chi connectivity index (χ0v) is 20.1. The van der Waals surface area contributed by atoms with Crippen LogP contribution in [-0.2, 0) is 0 Å². The van der Waals surface area contributed by atoms with Crippen LogP contribution in [0.25, 0.3) is 16.7 Å². The molecule has 178 valence electrons. The summed E-state index contributed by atoms with van der Waals surface area (Å²) < 4.78 is 9.03. The van der Waals surface area contributed by atoms with Crippen molar-refractivity contribution in [1.29, 1.82) is 0 Å². The molecule has 4 heterocycles. The molecule has 1 aliphatic rings. The molecule has 0 saturated carbocycles. The summed E-state index contributed by atoms with van der Waals surface area (Å²) in [6.45, 7) is 1.66. The van der Waals surface area contributed by atoms with Crippen LogP contribution in [0.2, 0.25) is 0 Å². The van der Waals surface area contributed by atoms with E-state index in [9.17, 15) is 4.79 Å². The number of imidazole rings is 1. The van der Waals surface area contributed by atoms with Gasteiger partial charge in [-0.25, -0.2) is 4.79 Å². The van der Waals surface area contributed by atoms with E-state index in [-0.39, 0.29) is 17.8 Å². The highest BCUT2D eigenvalue weighted by Crippen LogP contribution is 2.35. The Morgan fingerprint density at radius 2 is 1.86 bits per heavy atom. The second-order valence-electron chi connectivity index (χ2n) is 8.65. The average Bonchev–Trinajstić information content (AvgIpc) is 3.65. The van der Waals surface area contributed by atoms with E-state index in [4.69, 9.17) is 4.74 Å². The number of aromatic amines is 1. The molecule has 10 heteroatoms. The third kappa shape index (κ3) is 3.94. The number of ether oxygens (including phenoxy) is 1. The lowest BCUT2D eigenvalue weighted by molar-refractivity contribution is 0.149. The maximum absolute atomic E-state index is 12.7. The molecule has 5 aromatic rings. The molecule has 0 radical (unpaired) electrons. The molecule has 0 bridgehead atoms. The summed E-state index contributed by atoms with van der Waals surface area (Å²) in [5.41, 5.74) is 2.69. The van der Waals surface area contributed by atoms with Gasteiger partial charge in [-0.05, 0) is 71.1 Å². The van der Waals surface area contributed by atoms with Crippen LogP contribution in [0, 0.1) is 0 Å². The topological polar surface area (TPSA) is 93.9 Å². The summed E-state index contributed by atoms with van der Waals surface area (Å²) in [6.07, 6.45) is 1.74. The number of H-pyrrole nitrogens is 1. The number of benzene rings is 2. The van der Waals surface area contributed by atoms with Crippen molar-refractivity contribution in [3.63, 3.8) is 0 Å².